The summed E-state index contributed by atoms with van der Waals surface area (Å²) in [5, 5.41) is 9.82. The first-order valence-corrected chi connectivity index (χ1v) is 9.28. The third-order valence-electron chi connectivity index (χ3n) is 4.24. The van der Waals surface area contributed by atoms with Crippen molar-refractivity contribution in [2.45, 2.75) is 38.8 Å². The lowest BCUT2D eigenvalue weighted by Gasteiger charge is -2.14. The average molecular weight is 338 g/mol. The summed E-state index contributed by atoms with van der Waals surface area (Å²) in [7, 11) is 0. The Kier molecular flexibility index (Phi) is 5.72. The van der Waals surface area contributed by atoms with Crippen LogP contribution < -0.4 is 5.32 Å². The third kappa shape index (κ3) is 4.49. The fourth-order valence-electron chi connectivity index (χ4n) is 2.77. The number of Topliss-reactive ketones (excluding diaryl/α,β-unsaturated/α-hetero) is 1. The normalized spacial score (nSPS) is 12.4. The Morgan fingerprint density at radius 1 is 1.25 bits per heavy atom. The Hall–Kier alpha value is -2.04. The summed E-state index contributed by atoms with van der Waals surface area (Å²) in [6, 6.07) is 10.8. The van der Waals surface area contributed by atoms with Crippen molar-refractivity contribution in [1.82, 2.24) is 10.3 Å². The molecular formula is C20H22N2OS. The highest BCUT2D eigenvalue weighted by Crippen LogP contribution is 2.15. The van der Waals surface area contributed by atoms with Gasteiger partial charge in [-0.1, -0.05) is 12.1 Å². The Morgan fingerprint density at radius 2 is 2.17 bits per heavy atom. The number of nitrogens with zero attached hydrogens (tertiary/aromatic N) is 1. The summed E-state index contributed by atoms with van der Waals surface area (Å²) >= 11 is 1.58. The van der Waals surface area contributed by atoms with Crippen LogP contribution in [0, 0.1) is 0 Å². The van der Waals surface area contributed by atoms with Gasteiger partial charge in [0.1, 0.15) is 0 Å². The molecule has 0 bridgehead atoms. The molecule has 0 aliphatic heterocycles. The third-order valence-corrected chi connectivity index (χ3v) is 4.93. The molecule has 2 aromatic heterocycles. The van der Waals surface area contributed by atoms with Crippen LogP contribution in [0.5, 0.6) is 0 Å². The van der Waals surface area contributed by atoms with Gasteiger partial charge in [-0.05, 0) is 54.3 Å². The monoisotopic (exact) mass is 338 g/mol. The number of hydrogen-bond donors (Lipinski definition) is 1. The number of rotatable bonds is 8. The van der Waals surface area contributed by atoms with Gasteiger partial charge in [-0.3, -0.25) is 9.78 Å². The van der Waals surface area contributed by atoms with Crippen molar-refractivity contribution in [2.75, 3.05) is 0 Å². The Labute approximate surface area is 146 Å². The largest absolute Gasteiger partial charge is 0.310 e. The lowest BCUT2D eigenvalue weighted by Crippen LogP contribution is -2.25. The van der Waals surface area contributed by atoms with Crippen LogP contribution in [0.2, 0.25) is 0 Å². The number of carbonyl (C=O) groups is 1. The van der Waals surface area contributed by atoms with Crippen molar-refractivity contribution in [2.24, 2.45) is 0 Å². The molecule has 0 aliphatic carbocycles. The van der Waals surface area contributed by atoms with Gasteiger partial charge in [0, 0.05) is 47.7 Å². The van der Waals surface area contributed by atoms with E-state index < -0.39 is 0 Å². The molecule has 1 atom stereocenters. The molecular weight excluding hydrogens is 316 g/mol. The van der Waals surface area contributed by atoms with Gasteiger partial charge >= 0.3 is 0 Å². The molecule has 3 nitrogen and oxygen atoms in total. The van der Waals surface area contributed by atoms with Gasteiger partial charge in [0.15, 0.2) is 5.78 Å². The Balaban J connectivity index is 1.43. The van der Waals surface area contributed by atoms with E-state index in [1.807, 2.05) is 35.3 Å². The van der Waals surface area contributed by atoms with Gasteiger partial charge in [-0.2, -0.15) is 11.3 Å². The van der Waals surface area contributed by atoms with Gasteiger partial charge in [-0.25, -0.2) is 0 Å². The van der Waals surface area contributed by atoms with Crippen LogP contribution >= 0.6 is 11.3 Å². The maximum Gasteiger partial charge on any atom is 0.163 e. The number of carbonyl (C=O) groups excluding carboxylic acids is 1. The number of hydrogen-bond acceptors (Lipinski definition) is 4. The molecule has 0 saturated heterocycles. The first-order chi connectivity index (χ1) is 11.7. The maximum atomic E-state index is 12.0. The highest BCUT2D eigenvalue weighted by atomic mass is 32.1. The standard InChI is InChI=1S/C20H22N2OS/c1-15(3-2-4-20(23)19-8-10-24-14-19)22-12-16-5-6-18-13-21-9-7-17(18)11-16/h5-11,13-15,22H,2-4,12H2,1H3/t15-/m1/s1. The number of fused-ring (bicyclic) bond motifs is 1. The SMILES string of the molecule is C[C@H](CCCC(=O)c1ccsc1)NCc1ccc2cnccc2c1. The van der Waals surface area contributed by atoms with E-state index in [1.54, 1.807) is 11.3 Å². The summed E-state index contributed by atoms with van der Waals surface area (Å²) in [6.07, 6.45) is 6.28. The minimum Gasteiger partial charge on any atom is -0.310 e. The number of nitrogens with one attached hydrogen (secondary N) is 1. The van der Waals surface area contributed by atoms with Crippen LogP contribution in [0.3, 0.4) is 0 Å². The van der Waals surface area contributed by atoms with Crippen molar-refractivity contribution < 1.29 is 4.79 Å². The van der Waals surface area contributed by atoms with Crippen LogP contribution in [0.1, 0.15) is 42.1 Å². The molecule has 1 aromatic carbocycles. The summed E-state index contributed by atoms with van der Waals surface area (Å²) in [5.74, 6) is 0.256. The quantitative estimate of drug-likeness (QED) is 0.598. The number of ketones is 1. The predicted octanol–water partition coefficient (Wildman–Crippen LogP) is 4.83. The molecule has 0 unspecified atom stereocenters. The van der Waals surface area contributed by atoms with E-state index in [2.05, 4.69) is 35.4 Å². The van der Waals surface area contributed by atoms with Gasteiger partial charge < -0.3 is 5.32 Å². The maximum absolute atomic E-state index is 12.0. The van der Waals surface area contributed by atoms with E-state index in [9.17, 15) is 4.79 Å². The zero-order valence-corrected chi connectivity index (χ0v) is 14.7. The molecule has 24 heavy (non-hydrogen) atoms. The predicted molar refractivity (Wildman–Crippen MR) is 101 cm³/mol. The van der Waals surface area contributed by atoms with Gasteiger partial charge in [0.05, 0.1) is 0 Å². The van der Waals surface area contributed by atoms with Crippen molar-refractivity contribution in [3.05, 3.63) is 64.6 Å². The summed E-state index contributed by atoms with van der Waals surface area (Å²) in [5.41, 5.74) is 2.13. The second kappa shape index (κ2) is 8.18. The molecule has 0 spiro atoms. The van der Waals surface area contributed by atoms with Crippen molar-refractivity contribution in [3.63, 3.8) is 0 Å². The molecule has 2 heterocycles. The minimum atomic E-state index is 0.256. The van der Waals surface area contributed by atoms with Crippen LogP contribution in [-0.4, -0.2) is 16.8 Å². The van der Waals surface area contributed by atoms with Crippen molar-refractivity contribution in [3.8, 4) is 0 Å². The lowest BCUT2D eigenvalue weighted by atomic mass is 10.1. The second-order valence-corrected chi connectivity index (χ2v) is 6.95. The highest BCUT2D eigenvalue weighted by Gasteiger charge is 2.08. The van der Waals surface area contributed by atoms with E-state index in [0.29, 0.717) is 12.5 Å². The lowest BCUT2D eigenvalue weighted by molar-refractivity contribution is 0.0979. The van der Waals surface area contributed by atoms with E-state index in [4.69, 9.17) is 0 Å². The molecule has 3 rings (SSSR count). The summed E-state index contributed by atoms with van der Waals surface area (Å²) in [6.45, 7) is 3.03. The zero-order chi connectivity index (χ0) is 16.8. The van der Waals surface area contributed by atoms with Crippen LogP contribution in [0.25, 0.3) is 10.8 Å². The van der Waals surface area contributed by atoms with Crippen LogP contribution in [0.15, 0.2) is 53.5 Å². The molecule has 4 heteroatoms. The first-order valence-electron chi connectivity index (χ1n) is 8.34. The van der Waals surface area contributed by atoms with E-state index in [0.717, 1.165) is 24.9 Å². The highest BCUT2D eigenvalue weighted by molar-refractivity contribution is 7.08. The Bertz CT molecular complexity index is 798. The molecule has 124 valence electrons. The second-order valence-electron chi connectivity index (χ2n) is 6.17. The van der Waals surface area contributed by atoms with Crippen molar-refractivity contribution >= 4 is 27.9 Å². The summed E-state index contributed by atoms with van der Waals surface area (Å²) in [4.78, 5) is 16.1. The minimum absolute atomic E-state index is 0.256. The molecule has 1 N–H and O–H groups in total. The Morgan fingerprint density at radius 3 is 3.00 bits per heavy atom. The number of benzene rings is 1. The average Bonchev–Trinajstić information content (AvgIpc) is 3.14. The molecule has 0 radical (unpaired) electrons. The zero-order valence-electron chi connectivity index (χ0n) is 13.9. The number of pyridine rings is 1. The molecule has 0 amide bonds. The van der Waals surface area contributed by atoms with Gasteiger partial charge in [-0.15, -0.1) is 0 Å². The van der Waals surface area contributed by atoms with Crippen molar-refractivity contribution in [1.29, 1.82) is 0 Å². The molecule has 0 saturated carbocycles. The number of thiophene rings is 1. The molecule has 3 aromatic rings. The molecule has 0 fully saturated rings. The fraction of sp³-hybridized carbons (Fsp3) is 0.300. The van der Waals surface area contributed by atoms with E-state index in [-0.39, 0.29) is 5.78 Å². The summed E-state index contributed by atoms with van der Waals surface area (Å²) < 4.78 is 0. The fourth-order valence-corrected chi connectivity index (χ4v) is 3.43. The first kappa shape index (κ1) is 16.8. The van der Waals surface area contributed by atoms with E-state index in [1.165, 1.54) is 16.3 Å². The van der Waals surface area contributed by atoms with Gasteiger partial charge in [0.25, 0.3) is 0 Å². The van der Waals surface area contributed by atoms with Crippen LogP contribution in [-0.2, 0) is 6.54 Å². The molecule has 0 aliphatic rings. The topological polar surface area (TPSA) is 42.0 Å². The van der Waals surface area contributed by atoms with E-state index >= 15 is 0 Å². The smallest absolute Gasteiger partial charge is 0.163 e. The van der Waals surface area contributed by atoms with Crippen LogP contribution in [0.4, 0.5) is 0 Å². The number of aromatic nitrogens is 1. The van der Waals surface area contributed by atoms with Gasteiger partial charge in [0.2, 0.25) is 0 Å².